The Hall–Kier alpha value is -1.50. The molecule has 0 fully saturated rings. The molecule has 0 amide bonds. The Morgan fingerprint density at radius 1 is 1.23 bits per heavy atom. The van der Waals surface area contributed by atoms with Gasteiger partial charge in [0.05, 0.1) is 12.6 Å². The molecule has 0 aliphatic heterocycles. The summed E-state index contributed by atoms with van der Waals surface area (Å²) in [6, 6.07) is 12.8. The molecule has 1 unspecified atom stereocenters. The van der Waals surface area contributed by atoms with E-state index in [0.717, 1.165) is 12.5 Å². The fourth-order valence-electron chi connectivity index (χ4n) is 2.40. The Morgan fingerprint density at radius 3 is 2.55 bits per heavy atom. The van der Waals surface area contributed by atoms with Gasteiger partial charge in [-0.3, -0.25) is 4.99 Å². The van der Waals surface area contributed by atoms with E-state index in [0.29, 0.717) is 0 Å². The monoisotopic (exact) mass is 412 g/mol. The number of halogens is 1. The van der Waals surface area contributed by atoms with Crippen LogP contribution in [0.1, 0.15) is 29.8 Å². The molecule has 0 saturated carbocycles. The average molecular weight is 412 g/mol. The van der Waals surface area contributed by atoms with Crippen LogP contribution in [0.5, 0.6) is 0 Å². The first-order chi connectivity index (χ1) is 10.1. The van der Waals surface area contributed by atoms with Crippen molar-refractivity contribution in [1.82, 2.24) is 15.2 Å². The molecule has 1 aromatic carbocycles. The van der Waals surface area contributed by atoms with Gasteiger partial charge in [0, 0.05) is 26.0 Å². The normalized spacial score (nSPS) is 12.5. The molecule has 22 heavy (non-hydrogen) atoms. The lowest BCUT2D eigenvalue weighted by atomic mass is 10.0. The van der Waals surface area contributed by atoms with Gasteiger partial charge < -0.3 is 15.2 Å². The predicted molar refractivity (Wildman–Crippen MR) is 104 cm³/mol. The number of guanidine groups is 1. The van der Waals surface area contributed by atoms with Crippen molar-refractivity contribution in [3.63, 3.8) is 0 Å². The topological polar surface area (TPSA) is 41.4 Å². The molecule has 2 aromatic rings. The number of hydrogen-bond acceptors (Lipinski definition) is 1. The van der Waals surface area contributed by atoms with Crippen LogP contribution < -0.4 is 10.6 Å². The molecular weight excluding hydrogens is 387 g/mol. The van der Waals surface area contributed by atoms with Crippen LogP contribution in [0.3, 0.4) is 0 Å². The molecule has 0 bridgehead atoms. The van der Waals surface area contributed by atoms with Crippen molar-refractivity contribution in [1.29, 1.82) is 0 Å². The van der Waals surface area contributed by atoms with Gasteiger partial charge in [-0.2, -0.15) is 0 Å². The van der Waals surface area contributed by atoms with Gasteiger partial charge in [-0.25, -0.2) is 0 Å². The highest BCUT2D eigenvalue weighted by Crippen LogP contribution is 2.16. The maximum Gasteiger partial charge on any atom is 0.191 e. The summed E-state index contributed by atoms with van der Waals surface area (Å²) >= 11 is 0. The zero-order chi connectivity index (χ0) is 15.2. The molecule has 0 aliphatic carbocycles. The number of hydrogen-bond donors (Lipinski definition) is 2. The molecule has 1 aromatic heterocycles. The van der Waals surface area contributed by atoms with E-state index in [-0.39, 0.29) is 30.0 Å². The lowest BCUT2D eigenvalue weighted by Gasteiger charge is -2.20. The van der Waals surface area contributed by atoms with E-state index in [1.807, 2.05) is 19.3 Å². The number of aryl methyl sites for hydroxylation is 2. The second kappa shape index (κ2) is 8.82. The Kier molecular flexibility index (Phi) is 7.44. The number of rotatable bonds is 4. The Morgan fingerprint density at radius 2 is 1.95 bits per heavy atom. The lowest BCUT2D eigenvalue weighted by Crippen LogP contribution is -2.38. The maximum atomic E-state index is 4.30. The van der Waals surface area contributed by atoms with Crippen LogP contribution in [-0.4, -0.2) is 17.6 Å². The molecule has 0 aliphatic rings. The first-order valence-corrected chi connectivity index (χ1v) is 7.24. The molecule has 0 saturated heterocycles. The van der Waals surface area contributed by atoms with E-state index in [9.17, 15) is 0 Å². The molecule has 2 N–H and O–H groups in total. The van der Waals surface area contributed by atoms with Crippen molar-refractivity contribution in [3.8, 4) is 0 Å². The van der Waals surface area contributed by atoms with Crippen molar-refractivity contribution in [3.05, 3.63) is 59.4 Å². The van der Waals surface area contributed by atoms with E-state index >= 15 is 0 Å². The van der Waals surface area contributed by atoms with Crippen LogP contribution in [-0.2, 0) is 13.6 Å². The average Bonchev–Trinajstić information content (AvgIpc) is 2.89. The van der Waals surface area contributed by atoms with Gasteiger partial charge in [0.15, 0.2) is 5.96 Å². The summed E-state index contributed by atoms with van der Waals surface area (Å²) in [6.07, 6.45) is 2.04. The standard InChI is InChI=1S/C17H24N4.HI/c1-13-8-5-6-10-16(13)14(2)20-17(18-3)19-12-15-9-7-11-21(15)4;/h5-11,14H,12H2,1-4H3,(H2,18,19,20);1H. The smallest absolute Gasteiger partial charge is 0.191 e. The van der Waals surface area contributed by atoms with Gasteiger partial charge in [0.25, 0.3) is 0 Å². The van der Waals surface area contributed by atoms with Crippen molar-refractivity contribution in [2.75, 3.05) is 7.05 Å². The fourth-order valence-corrected chi connectivity index (χ4v) is 2.40. The molecule has 0 spiro atoms. The van der Waals surface area contributed by atoms with Crippen molar-refractivity contribution in [2.24, 2.45) is 12.0 Å². The maximum absolute atomic E-state index is 4.30. The number of aliphatic imine (C=N–C) groups is 1. The summed E-state index contributed by atoms with van der Waals surface area (Å²) in [6.45, 7) is 5.04. The zero-order valence-electron chi connectivity index (χ0n) is 13.6. The largest absolute Gasteiger partial charge is 0.353 e. The second-order valence-electron chi connectivity index (χ2n) is 5.26. The van der Waals surface area contributed by atoms with Crippen LogP contribution in [0.25, 0.3) is 0 Å². The van der Waals surface area contributed by atoms with Gasteiger partial charge in [-0.05, 0) is 37.1 Å². The molecule has 0 radical (unpaired) electrons. The van der Waals surface area contributed by atoms with Gasteiger partial charge in [0.2, 0.25) is 0 Å². The minimum absolute atomic E-state index is 0. The van der Waals surface area contributed by atoms with Crippen LogP contribution in [0.15, 0.2) is 47.6 Å². The van der Waals surface area contributed by atoms with Crippen LogP contribution in [0.2, 0.25) is 0 Å². The highest BCUT2D eigenvalue weighted by Gasteiger charge is 2.09. The summed E-state index contributed by atoms with van der Waals surface area (Å²) < 4.78 is 2.10. The van der Waals surface area contributed by atoms with Gasteiger partial charge >= 0.3 is 0 Å². The first kappa shape index (κ1) is 18.5. The summed E-state index contributed by atoms with van der Waals surface area (Å²) in [5.74, 6) is 0.812. The third-order valence-corrected chi connectivity index (χ3v) is 3.72. The third kappa shape index (κ3) is 4.76. The second-order valence-corrected chi connectivity index (χ2v) is 5.26. The van der Waals surface area contributed by atoms with Crippen LogP contribution in [0.4, 0.5) is 0 Å². The van der Waals surface area contributed by atoms with Gasteiger partial charge in [-0.1, -0.05) is 24.3 Å². The van der Waals surface area contributed by atoms with E-state index in [2.05, 4.69) is 64.4 Å². The third-order valence-electron chi connectivity index (χ3n) is 3.72. The lowest BCUT2D eigenvalue weighted by molar-refractivity contribution is 0.673. The molecule has 120 valence electrons. The number of benzene rings is 1. The number of aromatic nitrogens is 1. The predicted octanol–water partition coefficient (Wildman–Crippen LogP) is 3.38. The quantitative estimate of drug-likeness (QED) is 0.459. The van der Waals surface area contributed by atoms with Gasteiger partial charge in [-0.15, -0.1) is 24.0 Å². The minimum Gasteiger partial charge on any atom is -0.353 e. The zero-order valence-corrected chi connectivity index (χ0v) is 16.0. The number of nitrogens with one attached hydrogen (secondary N) is 2. The summed E-state index contributed by atoms with van der Waals surface area (Å²) in [4.78, 5) is 4.30. The highest BCUT2D eigenvalue weighted by atomic mass is 127. The van der Waals surface area contributed by atoms with Gasteiger partial charge in [0.1, 0.15) is 0 Å². The van der Waals surface area contributed by atoms with Crippen molar-refractivity contribution < 1.29 is 0 Å². The molecule has 2 rings (SSSR count). The molecule has 1 heterocycles. The van der Waals surface area contributed by atoms with Crippen molar-refractivity contribution >= 4 is 29.9 Å². The van der Waals surface area contributed by atoms with E-state index < -0.39 is 0 Å². The minimum atomic E-state index is 0. The molecular formula is C17H25IN4. The van der Waals surface area contributed by atoms with Crippen LogP contribution >= 0.6 is 24.0 Å². The molecule has 4 nitrogen and oxygen atoms in total. The summed E-state index contributed by atoms with van der Waals surface area (Å²) in [5, 5.41) is 6.79. The highest BCUT2D eigenvalue weighted by molar-refractivity contribution is 14.0. The van der Waals surface area contributed by atoms with E-state index in [1.54, 1.807) is 7.05 Å². The Balaban J connectivity index is 0.00000242. The van der Waals surface area contributed by atoms with Crippen molar-refractivity contribution in [2.45, 2.75) is 26.4 Å². The Labute approximate surface area is 150 Å². The van der Waals surface area contributed by atoms with Crippen LogP contribution in [0, 0.1) is 6.92 Å². The van der Waals surface area contributed by atoms with E-state index in [4.69, 9.17) is 0 Å². The molecule has 5 heteroatoms. The van der Waals surface area contributed by atoms with E-state index in [1.165, 1.54) is 16.8 Å². The first-order valence-electron chi connectivity index (χ1n) is 7.24. The Bertz CT molecular complexity index is 619. The number of nitrogens with zero attached hydrogens (tertiary/aromatic N) is 2. The summed E-state index contributed by atoms with van der Waals surface area (Å²) in [5.41, 5.74) is 3.80. The molecule has 1 atom stereocenters. The SMILES string of the molecule is CN=C(NCc1cccn1C)NC(C)c1ccccc1C.I. The summed E-state index contributed by atoms with van der Waals surface area (Å²) in [7, 11) is 3.84. The fraction of sp³-hybridized carbons (Fsp3) is 0.353.